The van der Waals surface area contributed by atoms with Crippen molar-refractivity contribution in [3.8, 4) is 0 Å². The lowest BCUT2D eigenvalue weighted by atomic mass is 9.95. The molecule has 28 heavy (non-hydrogen) atoms. The fourth-order valence-corrected chi connectivity index (χ4v) is 5.06. The molecule has 2 nitrogen and oxygen atoms in total. The minimum atomic E-state index is -1.11. The van der Waals surface area contributed by atoms with Gasteiger partial charge >= 0.3 is 0 Å². The average Bonchev–Trinajstić information content (AvgIpc) is 2.80. The summed E-state index contributed by atoms with van der Waals surface area (Å²) in [5, 5.41) is 2.26. The van der Waals surface area contributed by atoms with Crippen LogP contribution in [0.5, 0.6) is 0 Å². The topological polar surface area (TPSA) is 35.2 Å². The van der Waals surface area contributed by atoms with Crippen molar-refractivity contribution in [1.29, 1.82) is 0 Å². The Morgan fingerprint density at radius 3 is 1.18 bits per heavy atom. The van der Waals surface area contributed by atoms with Gasteiger partial charge in [0.25, 0.3) is 0 Å². The number of nitrogens with two attached hydrogens (primary N) is 1. The predicted molar refractivity (Wildman–Crippen MR) is 118 cm³/mol. The van der Waals surface area contributed by atoms with Crippen molar-refractivity contribution in [3.05, 3.63) is 132 Å². The Bertz CT molecular complexity index is 913. The van der Waals surface area contributed by atoms with Gasteiger partial charge in [-0.15, -0.1) is 0 Å². The van der Waals surface area contributed by atoms with E-state index in [0.29, 0.717) is 0 Å². The van der Waals surface area contributed by atoms with Crippen LogP contribution in [-0.2, 0) is 10.2 Å². The maximum absolute atomic E-state index is 7.01. The molecule has 2 N–H and O–H groups in total. The smallest absolute Gasteiger partial charge is 0.173 e. The maximum Gasteiger partial charge on any atom is 0.173 e. The fraction of sp³-hybridized carbons (Fsp3) is 0.0400. The second kappa shape index (κ2) is 8.50. The van der Waals surface area contributed by atoms with E-state index < -0.39 is 13.9 Å². The molecule has 0 saturated heterocycles. The van der Waals surface area contributed by atoms with E-state index in [1.54, 1.807) is 0 Å². The quantitative estimate of drug-likeness (QED) is 0.379. The largest absolute Gasteiger partial charge is 0.320 e. The van der Waals surface area contributed by atoms with Crippen molar-refractivity contribution < 1.29 is 4.52 Å². The standard InChI is InChI=1S/C25H22NOP/c26-25(21-13-5-1-6-14-21,22-15-7-2-8-16-22)27-28(23-17-9-3-10-18-23)24-19-11-4-12-20-24/h1-20H,26H2. The van der Waals surface area contributed by atoms with Crippen LogP contribution in [0.1, 0.15) is 11.1 Å². The van der Waals surface area contributed by atoms with Gasteiger partial charge < -0.3 is 4.52 Å². The average molecular weight is 383 g/mol. The van der Waals surface area contributed by atoms with Crippen molar-refractivity contribution in [2.45, 2.75) is 5.72 Å². The van der Waals surface area contributed by atoms with Gasteiger partial charge in [0.05, 0.1) is 8.15 Å². The zero-order chi connectivity index (χ0) is 19.2. The van der Waals surface area contributed by atoms with E-state index in [-0.39, 0.29) is 0 Å². The van der Waals surface area contributed by atoms with E-state index in [1.165, 1.54) is 0 Å². The molecule has 0 radical (unpaired) electrons. The molecule has 0 spiro atoms. The van der Waals surface area contributed by atoms with Crippen molar-refractivity contribution in [3.63, 3.8) is 0 Å². The number of benzene rings is 4. The third-order valence-electron chi connectivity index (χ3n) is 4.62. The first-order valence-corrected chi connectivity index (χ1v) is 10.5. The number of hydrogen-bond acceptors (Lipinski definition) is 2. The molecule has 0 heterocycles. The Morgan fingerprint density at radius 2 is 0.821 bits per heavy atom. The summed E-state index contributed by atoms with van der Waals surface area (Å²) in [6.07, 6.45) is 0. The molecule has 0 amide bonds. The third kappa shape index (κ3) is 3.90. The molecule has 4 aromatic carbocycles. The first kappa shape index (κ1) is 18.6. The lowest BCUT2D eigenvalue weighted by Crippen LogP contribution is -2.41. The second-order valence-electron chi connectivity index (χ2n) is 6.52. The van der Waals surface area contributed by atoms with Crippen LogP contribution in [0.2, 0.25) is 0 Å². The van der Waals surface area contributed by atoms with E-state index in [1.807, 2.05) is 97.1 Å². The molecule has 4 aromatic rings. The molecule has 4 rings (SSSR count). The van der Waals surface area contributed by atoms with Crippen molar-refractivity contribution in [2.24, 2.45) is 5.73 Å². The highest BCUT2D eigenvalue weighted by molar-refractivity contribution is 7.68. The van der Waals surface area contributed by atoms with Gasteiger partial charge in [-0.3, -0.25) is 5.73 Å². The normalized spacial score (nSPS) is 11.5. The summed E-state index contributed by atoms with van der Waals surface area (Å²) < 4.78 is 6.82. The summed E-state index contributed by atoms with van der Waals surface area (Å²) in [5.41, 5.74) is 7.82. The molecule has 0 aliphatic carbocycles. The molecular formula is C25H22NOP. The third-order valence-corrected chi connectivity index (χ3v) is 6.63. The highest BCUT2D eigenvalue weighted by Gasteiger charge is 2.35. The van der Waals surface area contributed by atoms with Gasteiger partial charge in [-0.05, 0) is 0 Å². The molecule has 0 aliphatic heterocycles. The monoisotopic (exact) mass is 383 g/mol. The van der Waals surface area contributed by atoms with Crippen molar-refractivity contribution >= 4 is 18.8 Å². The number of rotatable bonds is 6. The maximum atomic E-state index is 7.01. The predicted octanol–water partition coefficient (Wildman–Crippen LogP) is 4.91. The minimum Gasteiger partial charge on any atom is -0.320 e. The van der Waals surface area contributed by atoms with E-state index in [9.17, 15) is 0 Å². The summed E-state index contributed by atoms with van der Waals surface area (Å²) in [6.45, 7) is 0. The second-order valence-corrected chi connectivity index (χ2v) is 8.33. The van der Waals surface area contributed by atoms with Crippen LogP contribution < -0.4 is 16.3 Å². The van der Waals surface area contributed by atoms with Gasteiger partial charge in [-0.2, -0.15) is 0 Å². The van der Waals surface area contributed by atoms with Gasteiger partial charge in [-0.1, -0.05) is 121 Å². The summed E-state index contributed by atoms with van der Waals surface area (Å²) >= 11 is 0. The molecule has 0 atom stereocenters. The van der Waals surface area contributed by atoms with Crippen molar-refractivity contribution in [1.82, 2.24) is 0 Å². The summed E-state index contributed by atoms with van der Waals surface area (Å²) in [5.74, 6) is 0. The Morgan fingerprint density at radius 1 is 0.500 bits per heavy atom. The van der Waals surface area contributed by atoms with Crippen LogP contribution in [0.4, 0.5) is 0 Å². The first-order valence-electron chi connectivity index (χ1n) is 9.27. The Balaban J connectivity index is 1.84. The fourth-order valence-electron chi connectivity index (χ4n) is 3.17. The highest BCUT2D eigenvalue weighted by Crippen LogP contribution is 2.44. The molecule has 0 aliphatic rings. The van der Waals surface area contributed by atoms with Crippen LogP contribution >= 0.6 is 8.15 Å². The molecule has 3 heteroatoms. The molecule has 0 unspecified atom stereocenters. The zero-order valence-electron chi connectivity index (χ0n) is 15.5. The Kier molecular flexibility index (Phi) is 5.64. The lowest BCUT2D eigenvalue weighted by Gasteiger charge is -2.35. The minimum absolute atomic E-state index is 0.931. The van der Waals surface area contributed by atoms with Gasteiger partial charge in [-0.25, -0.2) is 0 Å². The van der Waals surface area contributed by atoms with E-state index in [0.717, 1.165) is 21.7 Å². The van der Waals surface area contributed by atoms with E-state index in [4.69, 9.17) is 10.3 Å². The molecule has 0 saturated carbocycles. The van der Waals surface area contributed by atoms with E-state index >= 15 is 0 Å². The summed E-state index contributed by atoms with van der Waals surface area (Å²) in [7, 11) is -1.11. The zero-order valence-corrected chi connectivity index (χ0v) is 16.4. The molecule has 0 aromatic heterocycles. The van der Waals surface area contributed by atoms with Gasteiger partial charge in [0.2, 0.25) is 0 Å². The summed E-state index contributed by atoms with van der Waals surface area (Å²) in [6, 6.07) is 40.7. The number of hydrogen-bond donors (Lipinski definition) is 1. The first-order chi connectivity index (χ1) is 13.8. The molecule has 138 valence electrons. The lowest BCUT2D eigenvalue weighted by molar-refractivity contribution is 0.142. The molecule has 0 fully saturated rings. The van der Waals surface area contributed by atoms with Crippen LogP contribution in [0.15, 0.2) is 121 Å². The highest BCUT2D eigenvalue weighted by atomic mass is 31.1. The SMILES string of the molecule is NC(OP(c1ccccc1)c1ccccc1)(c1ccccc1)c1ccccc1. The summed E-state index contributed by atoms with van der Waals surface area (Å²) in [4.78, 5) is 0. The Labute approximate surface area is 167 Å². The van der Waals surface area contributed by atoms with Crippen LogP contribution in [0.25, 0.3) is 0 Å². The van der Waals surface area contributed by atoms with Gasteiger partial charge in [0.15, 0.2) is 5.72 Å². The van der Waals surface area contributed by atoms with E-state index in [2.05, 4.69) is 24.3 Å². The van der Waals surface area contributed by atoms with Gasteiger partial charge in [0.1, 0.15) is 0 Å². The molecular weight excluding hydrogens is 361 g/mol. The van der Waals surface area contributed by atoms with Crippen LogP contribution in [0.3, 0.4) is 0 Å². The van der Waals surface area contributed by atoms with Crippen LogP contribution in [0, 0.1) is 0 Å². The molecule has 0 bridgehead atoms. The van der Waals surface area contributed by atoms with Crippen molar-refractivity contribution in [2.75, 3.05) is 0 Å². The van der Waals surface area contributed by atoms with Crippen LogP contribution in [-0.4, -0.2) is 0 Å². The Hall–Kier alpha value is -2.77. The van der Waals surface area contributed by atoms with Gasteiger partial charge in [0, 0.05) is 21.7 Å².